The summed E-state index contributed by atoms with van der Waals surface area (Å²) in [5.74, 6) is 0.518. The van der Waals surface area contributed by atoms with Crippen molar-refractivity contribution in [1.29, 1.82) is 0 Å². The molecule has 13 heavy (non-hydrogen) atoms. The van der Waals surface area contributed by atoms with E-state index in [0.717, 1.165) is 12.8 Å². The number of nitrogens with two attached hydrogens (primary N) is 1. The molecule has 0 bridgehead atoms. The molecular weight excluding hydrogens is 190 g/mol. The van der Waals surface area contributed by atoms with Gasteiger partial charge in [0.15, 0.2) is 0 Å². The highest BCUT2D eigenvalue weighted by atomic mass is 32.2. The summed E-state index contributed by atoms with van der Waals surface area (Å²) in [6.45, 7) is 2.47. The monoisotopic (exact) mass is 207 g/mol. The topological polar surface area (TPSA) is 84.2 Å². The fourth-order valence-corrected chi connectivity index (χ4v) is 2.03. The van der Waals surface area contributed by atoms with Crippen molar-refractivity contribution in [1.82, 2.24) is 9.44 Å². The van der Waals surface area contributed by atoms with Gasteiger partial charge in [0.25, 0.3) is 10.2 Å². The van der Waals surface area contributed by atoms with Crippen molar-refractivity contribution in [2.24, 2.45) is 11.7 Å². The lowest BCUT2D eigenvalue weighted by molar-refractivity contribution is 0.539. The first-order valence-corrected chi connectivity index (χ1v) is 6.03. The summed E-state index contributed by atoms with van der Waals surface area (Å²) < 4.78 is 27.0. The van der Waals surface area contributed by atoms with E-state index in [4.69, 9.17) is 5.73 Å². The van der Waals surface area contributed by atoms with E-state index in [2.05, 4.69) is 9.44 Å². The molecule has 5 nitrogen and oxygen atoms in total. The Balaban J connectivity index is 2.23. The van der Waals surface area contributed by atoms with Crippen molar-refractivity contribution in [3.8, 4) is 0 Å². The molecule has 1 fully saturated rings. The standard InChI is InChI=1S/C7H17N3O2S/c1-2-9-13(11,12)10-5-7(8)6-3-4-6/h6-7,9-10H,2-5,8H2,1H3. The number of hydrogen-bond acceptors (Lipinski definition) is 3. The van der Waals surface area contributed by atoms with E-state index >= 15 is 0 Å². The molecule has 4 N–H and O–H groups in total. The van der Waals surface area contributed by atoms with Crippen LogP contribution in [0.1, 0.15) is 19.8 Å². The fraction of sp³-hybridized carbons (Fsp3) is 1.00. The predicted molar refractivity (Wildman–Crippen MR) is 51.3 cm³/mol. The van der Waals surface area contributed by atoms with E-state index in [1.165, 1.54) is 0 Å². The van der Waals surface area contributed by atoms with Crippen LogP contribution in [0.2, 0.25) is 0 Å². The molecule has 0 spiro atoms. The van der Waals surface area contributed by atoms with Crippen LogP contribution in [0.4, 0.5) is 0 Å². The normalized spacial score (nSPS) is 20.2. The smallest absolute Gasteiger partial charge is 0.276 e. The first-order chi connectivity index (χ1) is 6.05. The van der Waals surface area contributed by atoms with Crippen molar-refractivity contribution in [2.45, 2.75) is 25.8 Å². The first kappa shape index (κ1) is 10.9. The van der Waals surface area contributed by atoms with Crippen LogP contribution >= 0.6 is 0 Å². The number of rotatable bonds is 6. The average Bonchev–Trinajstić information content (AvgIpc) is 2.82. The third-order valence-electron chi connectivity index (χ3n) is 2.07. The van der Waals surface area contributed by atoms with Crippen molar-refractivity contribution in [3.63, 3.8) is 0 Å². The Morgan fingerprint density at radius 3 is 2.54 bits per heavy atom. The maximum Gasteiger partial charge on any atom is 0.276 e. The quantitative estimate of drug-likeness (QED) is 0.531. The zero-order valence-electron chi connectivity index (χ0n) is 7.79. The van der Waals surface area contributed by atoms with Crippen LogP contribution in [0.15, 0.2) is 0 Å². The highest BCUT2D eigenvalue weighted by molar-refractivity contribution is 7.87. The summed E-state index contributed by atoms with van der Waals surface area (Å²) in [6, 6.07) is -0.0339. The lowest BCUT2D eigenvalue weighted by Crippen LogP contribution is -2.43. The summed E-state index contributed by atoms with van der Waals surface area (Å²) in [6.07, 6.45) is 2.26. The zero-order chi connectivity index (χ0) is 9.90. The van der Waals surface area contributed by atoms with Gasteiger partial charge >= 0.3 is 0 Å². The van der Waals surface area contributed by atoms with E-state index < -0.39 is 10.2 Å². The highest BCUT2D eigenvalue weighted by Gasteiger charge is 2.28. The molecule has 0 aliphatic heterocycles. The van der Waals surface area contributed by atoms with Gasteiger partial charge in [-0.25, -0.2) is 9.44 Å². The molecule has 1 aliphatic carbocycles. The molecule has 1 atom stereocenters. The van der Waals surface area contributed by atoms with Gasteiger partial charge in [0.1, 0.15) is 0 Å². The molecule has 0 aromatic carbocycles. The Kier molecular flexibility index (Phi) is 3.66. The second-order valence-electron chi connectivity index (χ2n) is 3.35. The van der Waals surface area contributed by atoms with E-state index in [-0.39, 0.29) is 6.04 Å². The predicted octanol–water partition coefficient (Wildman–Crippen LogP) is -0.832. The largest absolute Gasteiger partial charge is 0.326 e. The minimum Gasteiger partial charge on any atom is -0.326 e. The van der Waals surface area contributed by atoms with Crippen LogP contribution in [0.5, 0.6) is 0 Å². The Hall–Kier alpha value is -0.170. The van der Waals surface area contributed by atoms with Crippen LogP contribution in [-0.2, 0) is 10.2 Å². The summed E-state index contributed by atoms with van der Waals surface area (Å²) in [5, 5.41) is 0. The van der Waals surface area contributed by atoms with Crippen LogP contribution in [0, 0.1) is 5.92 Å². The fourth-order valence-electron chi connectivity index (χ4n) is 1.14. The van der Waals surface area contributed by atoms with E-state index in [1.54, 1.807) is 6.92 Å². The molecule has 1 rings (SSSR count). The first-order valence-electron chi connectivity index (χ1n) is 4.55. The minimum atomic E-state index is -3.31. The van der Waals surface area contributed by atoms with Gasteiger partial charge in [-0.3, -0.25) is 0 Å². The lowest BCUT2D eigenvalue weighted by atomic mass is 10.2. The van der Waals surface area contributed by atoms with Gasteiger partial charge < -0.3 is 5.73 Å². The summed E-state index contributed by atoms with van der Waals surface area (Å²) in [4.78, 5) is 0. The molecule has 78 valence electrons. The van der Waals surface area contributed by atoms with Crippen LogP contribution in [-0.4, -0.2) is 27.5 Å². The van der Waals surface area contributed by atoms with E-state index in [9.17, 15) is 8.42 Å². The van der Waals surface area contributed by atoms with Crippen molar-refractivity contribution < 1.29 is 8.42 Å². The van der Waals surface area contributed by atoms with Crippen molar-refractivity contribution in [3.05, 3.63) is 0 Å². The van der Waals surface area contributed by atoms with Gasteiger partial charge in [0.05, 0.1) is 0 Å². The summed E-state index contributed by atoms with van der Waals surface area (Å²) in [5.41, 5.74) is 5.73. The zero-order valence-corrected chi connectivity index (χ0v) is 8.60. The molecular formula is C7H17N3O2S. The van der Waals surface area contributed by atoms with Gasteiger partial charge in [0.2, 0.25) is 0 Å². The lowest BCUT2D eigenvalue weighted by Gasteiger charge is -2.11. The second kappa shape index (κ2) is 4.36. The molecule has 1 saturated carbocycles. The van der Waals surface area contributed by atoms with Crippen molar-refractivity contribution >= 4 is 10.2 Å². The summed E-state index contributed by atoms with van der Waals surface area (Å²) in [7, 11) is -3.31. The molecule has 0 amide bonds. The van der Waals surface area contributed by atoms with Gasteiger partial charge in [-0.05, 0) is 18.8 Å². The Morgan fingerprint density at radius 1 is 1.46 bits per heavy atom. The average molecular weight is 207 g/mol. The maximum atomic E-state index is 11.1. The summed E-state index contributed by atoms with van der Waals surface area (Å²) >= 11 is 0. The van der Waals surface area contributed by atoms with Gasteiger partial charge in [-0.2, -0.15) is 8.42 Å². The third-order valence-corrected chi connectivity index (χ3v) is 3.29. The molecule has 1 unspecified atom stereocenters. The van der Waals surface area contributed by atoms with E-state index in [1.807, 2.05) is 0 Å². The molecule has 0 saturated heterocycles. The molecule has 0 aromatic rings. The molecule has 0 aromatic heterocycles. The minimum absolute atomic E-state index is 0.0339. The second-order valence-corrected chi connectivity index (χ2v) is 4.94. The maximum absolute atomic E-state index is 11.1. The van der Waals surface area contributed by atoms with Gasteiger partial charge in [-0.1, -0.05) is 6.92 Å². The van der Waals surface area contributed by atoms with E-state index in [0.29, 0.717) is 19.0 Å². The molecule has 1 aliphatic rings. The number of nitrogens with one attached hydrogen (secondary N) is 2. The van der Waals surface area contributed by atoms with Crippen LogP contribution < -0.4 is 15.2 Å². The van der Waals surface area contributed by atoms with Crippen molar-refractivity contribution in [2.75, 3.05) is 13.1 Å². The molecule has 0 heterocycles. The molecule has 0 radical (unpaired) electrons. The highest BCUT2D eigenvalue weighted by Crippen LogP contribution is 2.31. The third kappa shape index (κ3) is 4.04. The molecule has 6 heteroatoms. The van der Waals surface area contributed by atoms with Gasteiger partial charge in [0, 0.05) is 19.1 Å². The Bertz CT molecular complexity index is 248. The van der Waals surface area contributed by atoms with Crippen LogP contribution in [0.25, 0.3) is 0 Å². The Labute approximate surface area is 79.3 Å². The SMILES string of the molecule is CCNS(=O)(=O)NCC(N)C1CC1. The number of hydrogen-bond donors (Lipinski definition) is 3. The van der Waals surface area contributed by atoms with Gasteiger partial charge in [-0.15, -0.1) is 0 Å². The Morgan fingerprint density at radius 2 is 2.08 bits per heavy atom. The van der Waals surface area contributed by atoms with Crippen LogP contribution in [0.3, 0.4) is 0 Å².